The first-order chi connectivity index (χ1) is 18.6. The van der Waals surface area contributed by atoms with Crippen LogP contribution in [0.1, 0.15) is 34.3 Å². The van der Waals surface area contributed by atoms with Crippen molar-refractivity contribution >= 4 is 33.6 Å². The molecule has 0 radical (unpaired) electrons. The molecule has 0 aromatic heterocycles. The Morgan fingerprint density at radius 1 is 0.921 bits per heavy atom. The second-order valence-corrected chi connectivity index (χ2v) is 10.7. The number of fused-ring (bicyclic) bond motifs is 1. The molecule has 0 bridgehead atoms. The number of anilines is 1. The number of alkyl halides is 1. The normalized spacial score (nSPS) is 16.2. The molecule has 2 aliphatic rings. The average Bonchev–Trinajstić information content (AvgIpc) is 2.94. The number of para-hydroxylation sites is 1. The number of benzene rings is 3. The summed E-state index contributed by atoms with van der Waals surface area (Å²) in [6.07, 6.45) is 2.96. The van der Waals surface area contributed by atoms with Crippen LogP contribution < -0.4 is 5.32 Å². The van der Waals surface area contributed by atoms with E-state index in [1.807, 2.05) is 65.6 Å². The van der Waals surface area contributed by atoms with Gasteiger partial charge in [0.05, 0.1) is 5.69 Å². The van der Waals surface area contributed by atoms with Gasteiger partial charge in [0.2, 0.25) is 0 Å². The summed E-state index contributed by atoms with van der Waals surface area (Å²) in [7, 11) is 0. The molecule has 2 aliphatic heterocycles. The number of aryl methyl sites for hydroxylation is 1. The fraction of sp³-hybridized carbons (Fsp3) is 0.355. The van der Waals surface area contributed by atoms with Gasteiger partial charge in [-0.15, -0.1) is 0 Å². The third-order valence-electron chi connectivity index (χ3n) is 7.46. The summed E-state index contributed by atoms with van der Waals surface area (Å²) in [6.45, 7) is 4.05. The summed E-state index contributed by atoms with van der Waals surface area (Å²) in [6, 6.07) is 24.0. The third kappa shape index (κ3) is 6.45. The van der Waals surface area contributed by atoms with E-state index in [0.717, 1.165) is 86.1 Å². The zero-order valence-electron chi connectivity index (χ0n) is 21.6. The SMILES string of the molecule is O=C(Nc1ccccc1-c1ccccc1)OC1CCN(CCN2CCc3cc(CCBr)ccc3C2=O)CC1. The maximum Gasteiger partial charge on any atom is 0.411 e. The average molecular weight is 577 g/mol. The summed E-state index contributed by atoms with van der Waals surface area (Å²) in [4.78, 5) is 30.1. The van der Waals surface area contributed by atoms with Crippen LogP contribution >= 0.6 is 15.9 Å². The minimum atomic E-state index is -0.413. The summed E-state index contributed by atoms with van der Waals surface area (Å²) in [5, 5.41) is 3.87. The Morgan fingerprint density at radius 2 is 1.68 bits per heavy atom. The van der Waals surface area contributed by atoms with Gasteiger partial charge in [-0.1, -0.05) is 76.6 Å². The lowest BCUT2D eigenvalue weighted by Gasteiger charge is -2.34. The highest BCUT2D eigenvalue weighted by Crippen LogP contribution is 2.28. The summed E-state index contributed by atoms with van der Waals surface area (Å²) in [5.41, 5.74) is 6.06. The monoisotopic (exact) mass is 575 g/mol. The Kier molecular flexibility index (Phi) is 8.76. The molecule has 1 N–H and O–H groups in total. The van der Waals surface area contributed by atoms with Crippen LogP contribution in [0.3, 0.4) is 0 Å². The fourth-order valence-electron chi connectivity index (χ4n) is 5.33. The fourth-order valence-corrected chi connectivity index (χ4v) is 5.79. The van der Waals surface area contributed by atoms with Crippen LogP contribution in [0.4, 0.5) is 10.5 Å². The van der Waals surface area contributed by atoms with Gasteiger partial charge >= 0.3 is 6.09 Å². The number of rotatable bonds is 8. The zero-order chi connectivity index (χ0) is 26.3. The lowest BCUT2D eigenvalue weighted by molar-refractivity contribution is 0.0517. The highest BCUT2D eigenvalue weighted by atomic mass is 79.9. The van der Waals surface area contributed by atoms with Crippen molar-refractivity contribution < 1.29 is 14.3 Å². The standard InChI is InChI=1S/C31H34BrN3O3/c32-16-12-23-10-11-28-25(22-23)13-19-35(30(28)36)21-20-34-17-14-26(15-18-34)38-31(37)33-29-9-5-4-8-27(29)24-6-2-1-3-7-24/h1-11,22,26H,12-21H2,(H,33,37). The Labute approximate surface area is 233 Å². The Hall–Kier alpha value is -3.16. The minimum absolute atomic E-state index is 0.104. The molecule has 5 rings (SSSR count). The van der Waals surface area contributed by atoms with Crippen LogP contribution in [-0.2, 0) is 17.6 Å². The number of likely N-dealkylation sites (tertiary alicyclic amines) is 1. The molecule has 38 heavy (non-hydrogen) atoms. The van der Waals surface area contributed by atoms with Crippen molar-refractivity contribution in [2.24, 2.45) is 0 Å². The number of hydrogen-bond donors (Lipinski definition) is 1. The number of nitrogens with zero attached hydrogens (tertiary/aromatic N) is 2. The topological polar surface area (TPSA) is 61.9 Å². The first kappa shape index (κ1) is 26.4. The molecule has 0 saturated carbocycles. The van der Waals surface area contributed by atoms with Gasteiger partial charge in [-0.25, -0.2) is 4.79 Å². The molecule has 0 aliphatic carbocycles. The maximum absolute atomic E-state index is 13.0. The number of ether oxygens (including phenoxy) is 1. The van der Waals surface area contributed by atoms with Gasteiger partial charge in [0.15, 0.2) is 0 Å². The molecular weight excluding hydrogens is 542 g/mol. The number of carbonyl (C=O) groups is 2. The van der Waals surface area contributed by atoms with Gasteiger partial charge in [-0.3, -0.25) is 10.1 Å². The van der Waals surface area contributed by atoms with Crippen LogP contribution in [0.5, 0.6) is 0 Å². The molecule has 6 nitrogen and oxygen atoms in total. The highest BCUT2D eigenvalue weighted by Gasteiger charge is 2.27. The van der Waals surface area contributed by atoms with E-state index in [1.54, 1.807) is 0 Å². The van der Waals surface area contributed by atoms with Crippen LogP contribution in [0, 0.1) is 0 Å². The summed E-state index contributed by atoms with van der Waals surface area (Å²) in [5.74, 6) is 0.141. The maximum atomic E-state index is 13.0. The lowest BCUT2D eigenvalue weighted by atomic mass is 9.96. The van der Waals surface area contributed by atoms with E-state index in [9.17, 15) is 9.59 Å². The van der Waals surface area contributed by atoms with Crippen LogP contribution in [0.15, 0.2) is 72.8 Å². The Morgan fingerprint density at radius 3 is 2.47 bits per heavy atom. The predicted molar refractivity (Wildman–Crippen MR) is 155 cm³/mol. The highest BCUT2D eigenvalue weighted by molar-refractivity contribution is 9.09. The van der Waals surface area contributed by atoms with Crippen LogP contribution in [-0.4, -0.2) is 66.0 Å². The molecular formula is C31H34BrN3O3. The minimum Gasteiger partial charge on any atom is -0.446 e. The van der Waals surface area contributed by atoms with E-state index in [0.29, 0.717) is 0 Å². The molecule has 0 unspecified atom stereocenters. The molecule has 1 fully saturated rings. The quantitative estimate of drug-likeness (QED) is 0.334. The van der Waals surface area contributed by atoms with E-state index in [4.69, 9.17) is 4.74 Å². The molecule has 3 aromatic rings. The van der Waals surface area contributed by atoms with Crippen molar-refractivity contribution in [1.29, 1.82) is 0 Å². The molecule has 2 amide bonds. The van der Waals surface area contributed by atoms with Crippen molar-refractivity contribution in [3.8, 4) is 11.1 Å². The lowest BCUT2D eigenvalue weighted by Crippen LogP contribution is -2.45. The van der Waals surface area contributed by atoms with Crippen molar-refractivity contribution in [2.75, 3.05) is 43.4 Å². The van der Waals surface area contributed by atoms with Crippen LogP contribution in [0.2, 0.25) is 0 Å². The first-order valence-electron chi connectivity index (χ1n) is 13.4. The second kappa shape index (κ2) is 12.6. The number of piperidine rings is 1. The smallest absolute Gasteiger partial charge is 0.411 e. The predicted octanol–water partition coefficient (Wildman–Crippen LogP) is 6.00. The molecule has 1 saturated heterocycles. The number of carbonyl (C=O) groups excluding carboxylic acids is 2. The van der Waals surface area contributed by atoms with Gasteiger partial charge in [-0.05, 0) is 54.5 Å². The summed E-state index contributed by atoms with van der Waals surface area (Å²) < 4.78 is 5.77. The van der Waals surface area contributed by atoms with Crippen molar-refractivity contribution in [3.63, 3.8) is 0 Å². The number of amides is 2. The summed E-state index contributed by atoms with van der Waals surface area (Å²) >= 11 is 3.49. The van der Waals surface area contributed by atoms with E-state index in [2.05, 4.69) is 38.3 Å². The molecule has 2 heterocycles. The van der Waals surface area contributed by atoms with Gasteiger partial charge in [0.1, 0.15) is 6.10 Å². The Bertz CT molecular complexity index is 1260. The molecule has 7 heteroatoms. The Balaban J connectivity index is 1.07. The van der Waals surface area contributed by atoms with Gasteiger partial charge in [-0.2, -0.15) is 0 Å². The van der Waals surface area contributed by atoms with Gasteiger partial charge < -0.3 is 14.5 Å². The zero-order valence-corrected chi connectivity index (χ0v) is 23.2. The number of halogens is 1. The molecule has 3 aromatic carbocycles. The first-order valence-corrected chi connectivity index (χ1v) is 14.5. The molecule has 0 atom stereocenters. The number of nitrogens with one attached hydrogen (secondary N) is 1. The molecule has 0 spiro atoms. The second-order valence-electron chi connectivity index (χ2n) is 9.96. The van der Waals surface area contributed by atoms with Crippen LogP contribution in [0.25, 0.3) is 11.1 Å². The van der Waals surface area contributed by atoms with E-state index in [-0.39, 0.29) is 12.0 Å². The van der Waals surface area contributed by atoms with E-state index < -0.39 is 6.09 Å². The van der Waals surface area contributed by atoms with Gasteiger partial charge in [0, 0.05) is 49.2 Å². The van der Waals surface area contributed by atoms with Gasteiger partial charge in [0.25, 0.3) is 5.91 Å². The van der Waals surface area contributed by atoms with Crippen molar-refractivity contribution in [1.82, 2.24) is 9.80 Å². The third-order valence-corrected chi connectivity index (χ3v) is 7.86. The van der Waals surface area contributed by atoms with Crippen molar-refractivity contribution in [2.45, 2.75) is 31.8 Å². The largest absolute Gasteiger partial charge is 0.446 e. The van der Waals surface area contributed by atoms with Crippen molar-refractivity contribution in [3.05, 3.63) is 89.5 Å². The van der Waals surface area contributed by atoms with E-state index >= 15 is 0 Å². The molecule has 198 valence electrons. The number of hydrogen-bond acceptors (Lipinski definition) is 4. The van der Waals surface area contributed by atoms with E-state index in [1.165, 1.54) is 11.1 Å².